The van der Waals surface area contributed by atoms with E-state index in [-0.39, 0.29) is 11.7 Å². The Morgan fingerprint density at radius 1 is 1.15 bits per heavy atom. The van der Waals surface area contributed by atoms with Gasteiger partial charge in [-0.05, 0) is 44.5 Å². The normalized spacial score (nSPS) is 16.4. The third-order valence-electron chi connectivity index (χ3n) is 4.10. The number of rotatable bonds is 5. The summed E-state index contributed by atoms with van der Waals surface area (Å²) in [5.74, 6) is -0.884. The lowest BCUT2D eigenvalue weighted by Crippen LogP contribution is -2.38. The van der Waals surface area contributed by atoms with E-state index in [2.05, 4.69) is 5.32 Å². The summed E-state index contributed by atoms with van der Waals surface area (Å²) < 4.78 is 28.6. The second-order valence-corrected chi connectivity index (χ2v) is 5.52. The standard InChI is InChI=1S/C16H24F2N2/c1-3-20(13-7-5-4-6-8-13)16-14(17)9-12(11-19-2)10-15(16)18/h9-10,13,19H,3-8,11H2,1-2H3. The molecule has 0 amide bonds. The lowest BCUT2D eigenvalue weighted by Gasteiger charge is -2.35. The van der Waals surface area contributed by atoms with Crippen LogP contribution in [0.15, 0.2) is 12.1 Å². The molecule has 1 N–H and O–H groups in total. The Bertz CT molecular complexity index is 419. The van der Waals surface area contributed by atoms with E-state index < -0.39 is 11.6 Å². The Labute approximate surface area is 120 Å². The Morgan fingerprint density at radius 3 is 2.25 bits per heavy atom. The van der Waals surface area contributed by atoms with E-state index in [1.165, 1.54) is 18.6 Å². The van der Waals surface area contributed by atoms with Crippen molar-refractivity contribution in [2.75, 3.05) is 18.5 Å². The van der Waals surface area contributed by atoms with Crippen molar-refractivity contribution < 1.29 is 8.78 Å². The summed E-state index contributed by atoms with van der Waals surface area (Å²) in [6, 6.07) is 3.16. The predicted molar refractivity (Wildman–Crippen MR) is 79.0 cm³/mol. The molecule has 112 valence electrons. The molecule has 0 spiro atoms. The van der Waals surface area contributed by atoms with Crippen molar-refractivity contribution in [3.8, 4) is 0 Å². The van der Waals surface area contributed by atoms with Crippen LogP contribution in [0.5, 0.6) is 0 Å². The highest BCUT2D eigenvalue weighted by Gasteiger charge is 2.25. The molecule has 2 nitrogen and oxygen atoms in total. The van der Waals surface area contributed by atoms with Gasteiger partial charge in [0.05, 0.1) is 0 Å². The first-order chi connectivity index (χ1) is 9.67. The van der Waals surface area contributed by atoms with Crippen LogP contribution in [0.1, 0.15) is 44.6 Å². The SMILES string of the molecule is CCN(c1c(F)cc(CNC)cc1F)C1CCCCC1. The average Bonchev–Trinajstić information content (AvgIpc) is 2.44. The van der Waals surface area contributed by atoms with E-state index in [1.807, 2.05) is 11.8 Å². The second kappa shape index (κ2) is 7.02. The van der Waals surface area contributed by atoms with Crippen LogP contribution in [0, 0.1) is 11.6 Å². The molecule has 0 aliphatic heterocycles. The van der Waals surface area contributed by atoms with E-state index in [0.29, 0.717) is 18.7 Å². The summed E-state index contributed by atoms with van der Waals surface area (Å²) in [5, 5.41) is 2.92. The van der Waals surface area contributed by atoms with Gasteiger partial charge in [-0.3, -0.25) is 0 Å². The Kier molecular flexibility index (Phi) is 5.35. The van der Waals surface area contributed by atoms with Crippen molar-refractivity contribution >= 4 is 5.69 Å². The molecule has 0 atom stereocenters. The maximum Gasteiger partial charge on any atom is 0.149 e. The summed E-state index contributed by atoms with van der Waals surface area (Å²) in [6.07, 6.45) is 5.61. The van der Waals surface area contributed by atoms with Gasteiger partial charge in [0.15, 0.2) is 0 Å². The van der Waals surface area contributed by atoms with Gasteiger partial charge in [0.1, 0.15) is 17.3 Å². The molecule has 0 radical (unpaired) electrons. The smallest absolute Gasteiger partial charge is 0.149 e. The van der Waals surface area contributed by atoms with Crippen LogP contribution in [-0.4, -0.2) is 19.6 Å². The van der Waals surface area contributed by atoms with Crippen LogP contribution in [0.4, 0.5) is 14.5 Å². The highest BCUT2D eigenvalue weighted by atomic mass is 19.1. The molecule has 0 saturated heterocycles. The van der Waals surface area contributed by atoms with Crippen molar-refractivity contribution in [2.45, 2.75) is 51.6 Å². The largest absolute Gasteiger partial charge is 0.364 e. The second-order valence-electron chi connectivity index (χ2n) is 5.52. The van der Waals surface area contributed by atoms with Gasteiger partial charge < -0.3 is 10.2 Å². The molecular formula is C16H24F2N2. The molecule has 1 aliphatic rings. The van der Waals surface area contributed by atoms with Crippen molar-refractivity contribution in [1.29, 1.82) is 0 Å². The van der Waals surface area contributed by atoms with Gasteiger partial charge in [0, 0.05) is 19.1 Å². The van der Waals surface area contributed by atoms with Crippen LogP contribution < -0.4 is 10.2 Å². The van der Waals surface area contributed by atoms with Gasteiger partial charge in [-0.15, -0.1) is 0 Å². The quantitative estimate of drug-likeness (QED) is 0.882. The van der Waals surface area contributed by atoms with Crippen LogP contribution in [0.25, 0.3) is 0 Å². The minimum absolute atomic E-state index is 0.152. The molecule has 1 aromatic carbocycles. The number of anilines is 1. The van der Waals surface area contributed by atoms with Crippen LogP contribution in [-0.2, 0) is 6.54 Å². The number of hydrogen-bond donors (Lipinski definition) is 1. The Morgan fingerprint density at radius 2 is 1.75 bits per heavy atom. The zero-order valence-electron chi connectivity index (χ0n) is 12.4. The molecule has 1 aromatic rings. The van der Waals surface area contributed by atoms with Gasteiger partial charge >= 0.3 is 0 Å². The Hall–Kier alpha value is -1.16. The van der Waals surface area contributed by atoms with Crippen molar-refractivity contribution in [3.63, 3.8) is 0 Å². The monoisotopic (exact) mass is 282 g/mol. The first-order valence-electron chi connectivity index (χ1n) is 7.56. The van der Waals surface area contributed by atoms with Gasteiger partial charge in [-0.1, -0.05) is 19.3 Å². The number of nitrogens with one attached hydrogen (secondary N) is 1. The molecule has 0 aromatic heterocycles. The zero-order valence-corrected chi connectivity index (χ0v) is 12.4. The molecule has 20 heavy (non-hydrogen) atoms. The molecule has 0 bridgehead atoms. The minimum Gasteiger partial charge on any atom is -0.364 e. The van der Waals surface area contributed by atoms with Gasteiger partial charge in [0.25, 0.3) is 0 Å². The molecule has 0 unspecified atom stereocenters. The van der Waals surface area contributed by atoms with E-state index in [4.69, 9.17) is 0 Å². The highest BCUT2D eigenvalue weighted by Crippen LogP contribution is 2.31. The summed E-state index contributed by atoms with van der Waals surface area (Å²) in [7, 11) is 1.77. The van der Waals surface area contributed by atoms with Crippen molar-refractivity contribution in [2.24, 2.45) is 0 Å². The van der Waals surface area contributed by atoms with E-state index in [1.54, 1.807) is 7.05 Å². The lowest BCUT2D eigenvalue weighted by atomic mass is 9.93. The zero-order chi connectivity index (χ0) is 14.5. The van der Waals surface area contributed by atoms with Crippen molar-refractivity contribution in [1.82, 2.24) is 5.32 Å². The summed E-state index contributed by atoms with van der Waals surface area (Å²) >= 11 is 0. The molecule has 0 heterocycles. The number of halogens is 2. The number of nitrogens with zero attached hydrogens (tertiary/aromatic N) is 1. The summed E-state index contributed by atoms with van der Waals surface area (Å²) in [4.78, 5) is 1.91. The summed E-state index contributed by atoms with van der Waals surface area (Å²) in [6.45, 7) is 3.09. The fourth-order valence-corrected chi connectivity index (χ4v) is 3.19. The van der Waals surface area contributed by atoms with Gasteiger partial charge in [0.2, 0.25) is 0 Å². The van der Waals surface area contributed by atoms with E-state index in [9.17, 15) is 8.78 Å². The topological polar surface area (TPSA) is 15.3 Å². The third-order valence-corrected chi connectivity index (χ3v) is 4.10. The first kappa shape index (κ1) is 15.2. The lowest BCUT2D eigenvalue weighted by molar-refractivity contribution is 0.410. The minimum atomic E-state index is -0.442. The fourth-order valence-electron chi connectivity index (χ4n) is 3.19. The fraction of sp³-hybridized carbons (Fsp3) is 0.625. The van der Waals surface area contributed by atoms with Gasteiger partial charge in [-0.2, -0.15) is 0 Å². The predicted octanol–water partition coefficient (Wildman–Crippen LogP) is 3.84. The molecular weight excluding hydrogens is 258 g/mol. The van der Waals surface area contributed by atoms with Crippen molar-refractivity contribution in [3.05, 3.63) is 29.3 Å². The van der Waals surface area contributed by atoms with Gasteiger partial charge in [-0.25, -0.2) is 8.78 Å². The van der Waals surface area contributed by atoms with Crippen LogP contribution in [0.2, 0.25) is 0 Å². The Balaban J connectivity index is 2.28. The maximum atomic E-state index is 14.3. The highest BCUT2D eigenvalue weighted by molar-refractivity contribution is 5.51. The molecule has 2 rings (SSSR count). The number of hydrogen-bond acceptors (Lipinski definition) is 2. The van der Waals surface area contributed by atoms with E-state index >= 15 is 0 Å². The molecule has 1 saturated carbocycles. The molecule has 1 fully saturated rings. The van der Waals surface area contributed by atoms with Crippen LogP contribution >= 0.6 is 0 Å². The third kappa shape index (κ3) is 3.29. The first-order valence-corrected chi connectivity index (χ1v) is 7.56. The number of benzene rings is 1. The molecule has 1 aliphatic carbocycles. The summed E-state index contributed by atoms with van der Waals surface area (Å²) in [5.41, 5.74) is 0.796. The molecule has 4 heteroatoms. The van der Waals surface area contributed by atoms with E-state index in [0.717, 1.165) is 25.7 Å². The van der Waals surface area contributed by atoms with Crippen LogP contribution in [0.3, 0.4) is 0 Å². The average molecular weight is 282 g/mol. The maximum absolute atomic E-state index is 14.3.